The lowest BCUT2D eigenvalue weighted by Crippen LogP contribution is -2.42. The minimum atomic E-state index is -0.266. The van der Waals surface area contributed by atoms with Crippen LogP contribution in [-0.2, 0) is 16.1 Å². The molecule has 1 unspecified atom stereocenters. The maximum Gasteiger partial charge on any atom is 0.240 e. The van der Waals surface area contributed by atoms with Crippen LogP contribution in [0.3, 0.4) is 0 Å². The van der Waals surface area contributed by atoms with Crippen molar-refractivity contribution in [2.75, 3.05) is 17.2 Å². The Morgan fingerprint density at radius 2 is 1.74 bits per heavy atom. The van der Waals surface area contributed by atoms with E-state index in [-0.39, 0.29) is 35.9 Å². The molecular weight excluding hydrogens is 542 g/mol. The number of benzene rings is 3. The molecule has 1 aliphatic rings. The number of amides is 2. The number of nitrogens with one attached hydrogen (secondary N) is 1. The lowest BCUT2D eigenvalue weighted by molar-refractivity contribution is -0.123. The average molecular weight is 574 g/mol. The molecule has 8 heteroatoms. The Labute approximate surface area is 249 Å². The fourth-order valence-corrected chi connectivity index (χ4v) is 6.47. The van der Waals surface area contributed by atoms with Crippen molar-refractivity contribution in [2.45, 2.75) is 25.6 Å². The number of para-hydroxylation sites is 1. The van der Waals surface area contributed by atoms with Crippen LogP contribution in [0.4, 0.5) is 5.82 Å². The number of carbonyl (C=O) groups is 2. The maximum absolute atomic E-state index is 13.9. The van der Waals surface area contributed by atoms with Gasteiger partial charge in [0.1, 0.15) is 12.4 Å². The largest absolute Gasteiger partial charge is 0.349 e. The summed E-state index contributed by atoms with van der Waals surface area (Å²) >= 11 is 1.57. The van der Waals surface area contributed by atoms with Crippen LogP contribution in [-0.4, -0.2) is 38.9 Å². The van der Waals surface area contributed by atoms with E-state index in [1.807, 2.05) is 84.4 Å². The number of carbonyl (C=O) groups excluding carboxylic acids is 2. The highest BCUT2D eigenvalue weighted by Crippen LogP contribution is 2.48. The zero-order valence-electron chi connectivity index (χ0n) is 23.5. The molecule has 1 N–H and O–H groups in total. The number of hydrogen-bond donors (Lipinski definition) is 1. The third-order valence-corrected chi connectivity index (χ3v) is 8.57. The SMILES string of the molecule is Cc1cccc(C2SCC(=O)N(CC(=O)NCc3ccccn3)c3c2c(-c2ccccc2)nn3-c2ccccc2C)c1. The molecule has 2 amide bonds. The van der Waals surface area contributed by atoms with E-state index in [1.165, 1.54) is 0 Å². The molecule has 7 nitrogen and oxygen atoms in total. The third kappa shape index (κ3) is 5.58. The van der Waals surface area contributed by atoms with Gasteiger partial charge in [-0.1, -0.05) is 84.4 Å². The zero-order valence-corrected chi connectivity index (χ0v) is 24.3. The van der Waals surface area contributed by atoms with Crippen LogP contribution in [0, 0.1) is 13.8 Å². The van der Waals surface area contributed by atoms with Gasteiger partial charge in [0.05, 0.1) is 34.6 Å². The second-order valence-electron chi connectivity index (χ2n) is 10.3. The first kappa shape index (κ1) is 27.5. The van der Waals surface area contributed by atoms with Gasteiger partial charge in [0.25, 0.3) is 0 Å². The molecule has 210 valence electrons. The van der Waals surface area contributed by atoms with Crippen molar-refractivity contribution in [1.82, 2.24) is 20.1 Å². The zero-order chi connectivity index (χ0) is 29.1. The van der Waals surface area contributed by atoms with E-state index < -0.39 is 0 Å². The highest BCUT2D eigenvalue weighted by atomic mass is 32.2. The van der Waals surface area contributed by atoms with Crippen molar-refractivity contribution in [3.8, 4) is 16.9 Å². The first-order valence-corrected chi connectivity index (χ1v) is 14.9. The maximum atomic E-state index is 13.9. The Balaban J connectivity index is 1.53. The summed E-state index contributed by atoms with van der Waals surface area (Å²) in [5, 5.41) is 7.96. The van der Waals surface area contributed by atoms with Gasteiger partial charge in [0.2, 0.25) is 11.8 Å². The van der Waals surface area contributed by atoms with E-state index >= 15 is 0 Å². The van der Waals surface area contributed by atoms with Crippen LogP contribution >= 0.6 is 11.8 Å². The fourth-order valence-electron chi connectivity index (χ4n) is 5.29. The van der Waals surface area contributed by atoms with Crippen LogP contribution in [0.1, 0.15) is 33.2 Å². The van der Waals surface area contributed by atoms with E-state index in [0.29, 0.717) is 5.82 Å². The van der Waals surface area contributed by atoms with Crippen molar-refractivity contribution in [2.24, 2.45) is 0 Å². The molecule has 6 rings (SSSR count). The number of hydrogen-bond acceptors (Lipinski definition) is 5. The Morgan fingerprint density at radius 1 is 0.952 bits per heavy atom. The minimum Gasteiger partial charge on any atom is -0.349 e. The van der Waals surface area contributed by atoms with Gasteiger partial charge in [-0.2, -0.15) is 5.10 Å². The summed E-state index contributed by atoms with van der Waals surface area (Å²) in [4.78, 5) is 33.2. The number of rotatable bonds is 7. The molecule has 3 aromatic carbocycles. The molecule has 0 saturated carbocycles. The number of anilines is 1. The molecular formula is C34H31N5O2S. The van der Waals surface area contributed by atoms with Crippen molar-refractivity contribution in [1.29, 1.82) is 0 Å². The van der Waals surface area contributed by atoms with E-state index in [0.717, 1.165) is 44.9 Å². The van der Waals surface area contributed by atoms with Gasteiger partial charge in [-0.25, -0.2) is 4.68 Å². The van der Waals surface area contributed by atoms with E-state index in [4.69, 9.17) is 5.10 Å². The van der Waals surface area contributed by atoms with Gasteiger partial charge in [0, 0.05) is 17.3 Å². The molecule has 42 heavy (non-hydrogen) atoms. The Hall–Kier alpha value is -4.69. The number of thioether (sulfide) groups is 1. The first-order valence-electron chi connectivity index (χ1n) is 13.9. The molecule has 0 radical (unpaired) electrons. The van der Waals surface area contributed by atoms with Crippen molar-refractivity contribution in [3.63, 3.8) is 0 Å². The Morgan fingerprint density at radius 3 is 2.50 bits per heavy atom. The molecule has 0 bridgehead atoms. The number of aryl methyl sites for hydroxylation is 2. The van der Waals surface area contributed by atoms with Crippen molar-refractivity contribution < 1.29 is 9.59 Å². The lowest BCUT2D eigenvalue weighted by atomic mass is 9.98. The number of fused-ring (bicyclic) bond motifs is 1. The predicted molar refractivity (Wildman–Crippen MR) is 168 cm³/mol. The summed E-state index contributed by atoms with van der Waals surface area (Å²) < 4.78 is 1.85. The van der Waals surface area contributed by atoms with Crippen LogP contribution in [0.2, 0.25) is 0 Å². The molecule has 1 atom stereocenters. The van der Waals surface area contributed by atoms with Gasteiger partial charge in [-0.15, -0.1) is 11.8 Å². The average Bonchev–Trinajstić information content (AvgIpc) is 3.33. The monoisotopic (exact) mass is 573 g/mol. The number of nitrogens with zero attached hydrogens (tertiary/aromatic N) is 4. The van der Waals surface area contributed by atoms with Crippen LogP contribution in [0.25, 0.3) is 16.9 Å². The highest BCUT2D eigenvalue weighted by Gasteiger charge is 2.37. The summed E-state index contributed by atoms with van der Waals surface area (Å²) in [6, 6.07) is 32.0. The Kier molecular flexibility index (Phi) is 7.88. The summed E-state index contributed by atoms with van der Waals surface area (Å²) in [5.41, 5.74) is 7.52. The molecule has 5 aromatic rings. The quantitative estimate of drug-likeness (QED) is 0.257. The van der Waals surface area contributed by atoms with Gasteiger partial charge >= 0.3 is 0 Å². The second kappa shape index (κ2) is 12.0. The summed E-state index contributed by atoms with van der Waals surface area (Å²) in [7, 11) is 0. The van der Waals surface area contributed by atoms with Crippen molar-refractivity contribution >= 4 is 29.4 Å². The molecule has 0 fully saturated rings. The summed E-state index contributed by atoms with van der Waals surface area (Å²) in [5.74, 6) is 0.442. The third-order valence-electron chi connectivity index (χ3n) is 7.32. The highest BCUT2D eigenvalue weighted by molar-refractivity contribution is 8.00. The summed E-state index contributed by atoms with van der Waals surface area (Å²) in [6.45, 7) is 4.25. The predicted octanol–water partition coefficient (Wildman–Crippen LogP) is 6.04. The van der Waals surface area contributed by atoms with E-state index in [9.17, 15) is 9.59 Å². The van der Waals surface area contributed by atoms with E-state index in [2.05, 4.69) is 41.5 Å². The standard InChI is InChI=1S/C34H31N5O2S/c1-23-11-10-15-26(19-23)33-31-32(25-13-4-3-5-14-25)37-39(28-17-7-6-12-24(28)2)34(31)38(30(41)22-42-33)21-29(40)36-20-27-16-8-9-18-35-27/h3-19,33H,20-22H2,1-2H3,(H,36,40). The number of pyridine rings is 1. The van der Waals surface area contributed by atoms with Gasteiger partial charge in [0.15, 0.2) is 0 Å². The van der Waals surface area contributed by atoms with Crippen LogP contribution in [0.5, 0.6) is 0 Å². The summed E-state index contributed by atoms with van der Waals surface area (Å²) in [6.07, 6.45) is 1.70. The normalized spacial score (nSPS) is 14.8. The molecule has 0 spiro atoms. The molecule has 1 aliphatic heterocycles. The van der Waals surface area contributed by atoms with E-state index in [1.54, 1.807) is 22.9 Å². The van der Waals surface area contributed by atoms with Gasteiger partial charge in [-0.3, -0.25) is 19.5 Å². The number of aromatic nitrogens is 3. The molecule has 0 aliphatic carbocycles. The Bertz CT molecular complexity index is 1740. The first-order chi connectivity index (χ1) is 20.5. The molecule has 2 aromatic heterocycles. The molecule has 0 saturated heterocycles. The topological polar surface area (TPSA) is 80.1 Å². The molecule has 3 heterocycles. The fraction of sp³-hybridized carbons (Fsp3) is 0.176. The minimum absolute atomic E-state index is 0.133. The lowest BCUT2D eigenvalue weighted by Gasteiger charge is -2.23. The van der Waals surface area contributed by atoms with Gasteiger partial charge in [-0.05, 0) is 43.2 Å². The van der Waals surface area contributed by atoms with Crippen LogP contribution in [0.15, 0.2) is 103 Å². The van der Waals surface area contributed by atoms with Gasteiger partial charge < -0.3 is 5.32 Å². The smallest absolute Gasteiger partial charge is 0.240 e. The second-order valence-corrected chi connectivity index (χ2v) is 11.4. The van der Waals surface area contributed by atoms with Crippen LogP contribution < -0.4 is 10.2 Å². The van der Waals surface area contributed by atoms with Crippen molar-refractivity contribution in [3.05, 3.63) is 131 Å².